The molecule has 3 nitrogen and oxygen atoms in total. The lowest BCUT2D eigenvalue weighted by atomic mass is 9.77. The summed E-state index contributed by atoms with van der Waals surface area (Å²) in [6.45, 7) is 6.83. The summed E-state index contributed by atoms with van der Waals surface area (Å²) >= 11 is 0. The highest BCUT2D eigenvalue weighted by Crippen LogP contribution is 2.30. The third-order valence-electron chi connectivity index (χ3n) is 3.80. The number of carbonyl (C=O) groups excluding carboxylic acids is 1. The topological polar surface area (TPSA) is 55.1 Å². The van der Waals surface area contributed by atoms with Gasteiger partial charge in [0.25, 0.3) is 0 Å². The fourth-order valence-electron chi connectivity index (χ4n) is 2.57. The van der Waals surface area contributed by atoms with Gasteiger partial charge in [-0.1, -0.05) is 33.6 Å². The maximum atomic E-state index is 11.8. The summed E-state index contributed by atoms with van der Waals surface area (Å²) in [4.78, 5) is 11.8. The number of nitrogens with one attached hydrogen (secondary N) is 1. The maximum Gasteiger partial charge on any atom is 0.224 e. The number of hydrogen-bond acceptors (Lipinski definition) is 2. The number of hydrogen-bond donors (Lipinski definition) is 2. The van der Waals surface area contributed by atoms with Gasteiger partial charge in [-0.25, -0.2) is 0 Å². The molecule has 1 rings (SSSR count). The molecule has 0 spiro atoms. The van der Waals surface area contributed by atoms with Crippen molar-refractivity contribution in [2.75, 3.05) is 6.54 Å². The van der Waals surface area contributed by atoms with Crippen LogP contribution < -0.4 is 11.1 Å². The summed E-state index contributed by atoms with van der Waals surface area (Å²) in [6, 6.07) is 0.371. The van der Waals surface area contributed by atoms with Crippen molar-refractivity contribution in [1.82, 2.24) is 5.32 Å². The SMILES string of the molecule is CC(CN)C(=O)NC1CCCCC1C(C)C. The normalized spacial score (nSPS) is 27.8. The molecule has 1 fully saturated rings. The zero-order valence-corrected chi connectivity index (χ0v) is 10.8. The minimum atomic E-state index is -0.0604. The largest absolute Gasteiger partial charge is 0.353 e. The second-order valence-corrected chi connectivity index (χ2v) is 5.44. The highest BCUT2D eigenvalue weighted by atomic mass is 16.1. The van der Waals surface area contributed by atoms with E-state index in [2.05, 4.69) is 19.2 Å². The molecule has 1 amide bonds. The van der Waals surface area contributed by atoms with E-state index < -0.39 is 0 Å². The van der Waals surface area contributed by atoms with E-state index in [4.69, 9.17) is 5.73 Å². The van der Waals surface area contributed by atoms with Crippen molar-refractivity contribution < 1.29 is 4.79 Å². The van der Waals surface area contributed by atoms with Crippen LogP contribution in [0.4, 0.5) is 0 Å². The molecule has 3 unspecified atom stereocenters. The van der Waals surface area contributed by atoms with Gasteiger partial charge in [0.15, 0.2) is 0 Å². The highest BCUT2D eigenvalue weighted by Gasteiger charge is 2.29. The van der Waals surface area contributed by atoms with E-state index in [9.17, 15) is 4.79 Å². The van der Waals surface area contributed by atoms with Crippen molar-refractivity contribution in [2.45, 2.75) is 52.5 Å². The monoisotopic (exact) mass is 226 g/mol. The Balaban J connectivity index is 2.52. The third kappa shape index (κ3) is 3.48. The minimum Gasteiger partial charge on any atom is -0.353 e. The van der Waals surface area contributed by atoms with Crippen LogP contribution in [-0.2, 0) is 4.79 Å². The van der Waals surface area contributed by atoms with Crippen LogP contribution in [0.2, 0.25) is 0 Å². The van der Waals surface area contributed by atoms with E-state index >= 15 is 0 Å². The van der Waals surface area contributed by atoms with Crippen LogP contribution in [0.1, 0.15) is 46.5 Å². The summed E-state index contributed by atoms with van der Waals surface area (Å²) in [5.74, 6) is 1.36. The minimum absolute atomic E-state index is 0.0604. The molecule has 94 valence electrons. The molecule has 1 aliphatic carbocycles. The standard InChI is InChI=1S/C13H26N2O/c1-9(2)11-6-4-5-7-12(11)15-13(16)10(3)8-14/h9-12H,4-8,14H2,1-3H3,(H,15,16). The van der Waals surface area contributed by atoms with Crippen molar-refractivity contribution in [1.29, 1.82) is 0 Å². The quantitative estimate of drug-likeness (QED) is 0.769. The Hall–Kier alpha value is -0.570. The molecule has 0 bridgehead atoms. The van der Waals surface area contributed by atoms with Crippen LogP contribution in [0.25, 0.3) is 0 Å². The average Bonchev–Trinajstić information content (AvgIpc) is 2.28. The van der Waals surface area contributed by atoms with Gasteiger partial charge in [0.05, 0.1) is 0 Å². The molecule has 0 heterocycles. The number of carbonyl (C=O) groups is 1. The van der Waals surface area contributed by atoms with Crippen molar-refractivity contribution in [2.24, 2.45) is 23.5 Å². The highest BCUT2D eigenvalue weighted by molar-refractivity contribution is 5.78. The fourth-order valence-corrected chi connectivity index (χ4v) is 2.57. The Labute approximate surface area is 99.2 Å². The van der Waals surface area contributed by atoms with Gasteiger partial charge in [-0.15, -0.1) is 0 Å². The maximum absolute atomic E-state index is 11.8. The summed E-state index contributed by atoms with van der Waals surface area (Å²) < 4.78 is 0. The predicted octanol–water partition coefficient (Wildman–Crippen LogP) is 1.91. The first-order valence-corrected chi connectivity index (χ1v) is 6.56. The van der Waals surface area contributed by atoms with E-state index in [-0.39, 0.29) is 11.8 Å². The Morgan fingerprint density at radius 2 is 1.94 bits per heavy atom. The average molecular weight is 226 g/mol. The van der Waals surface area contributed by atoms with Crippen LogP contribution in [0.15, 0.2) is 0 Å². The van der Waals surface area contributed by atoms with E-state index in [0.717, 1.165) is 6.42 Å². The van der Waals surface area contributed by atoms with Gasteiger partial charge in [-0.3, -0.25) is 4.79 Å². The molecule has 3 N–H and O–H groups in total. The summed E-state index contributed by atoms with van der Waals surface area (Å²) in [5, 5.41) is 3.18. The Morgan fingerprint density at radius 1 is 1.31 bits per heavy atom. The molecule has 3 atom stereocenters. The molecule has 3 heteroatoms. The number of amides is 1. The van der Waals surface area contributed by atoms with E-state index in [1.165, 1.54) is 19.3 Å². The lowest BCUT2D eigenvalue weighted by Gasteiger charge is -2.35. The van der Waals surface area contributed by atoms with Crippen LogP contribution >= 0.6 is 0 Å². The molecule has 0 aromatic rings. The van der Waals surface area contributed by atoms with E-state index in [0.29, 0.717) is 24.4 Å². The predicted molar refractivity (Wildman–Crippen MR) is 66.9 cm³/mol. The summed E-state index contributed by atoms with van der Waals surface area (Å²) in [5.41, 5.74) is 5.51. The van der Waals surface area contributed by atoms with Gasteiger partial charge in [0.1, 0.15) is 0 Å². The fraction of sp³-hybridized carbons (Fsp3) is 0.923. The van der Waals surface area contributed by atoms with Gasteiger partial charge >= 0.3 is 0 Å². The zero-order chi connectivity index (χ0) is 12.1. The van der Waals surface area contributed by atoms with Gasteiger partial charge in [-0.05, 0) is 24.7 Å². The molecule has 0 saturated heterocycles. The first kappa shape index (κ1) is 13.5. The lowest BCUT2D eigenvalue weighted by Crippen LogP contribution is -2.46. The van der Waals surface area contributed by atoms with Crippen LogP contribution in [0, 0.1) is 17.8 Å². The summed E-state index contributed by atoms with van der Waals surface area (Å²) in [7, 11) is 0. The van der Waals surface area contributed by atoms with Crippen molar-refractivity contribution >= 4 is 5.91 Å². The third-order valence-corrected chi connectivity index (χ3v) is 3.80. The Morgan fingerprint density at radius 3 is 2.50 bits per heavy atom. The molecule has 0 aromatic heterocycles. The lowest BCUT2D eigenvalue weighted by molar-refractivity contribution is -0.125. The van der Waals surface area contributed by atoms with Gasteiger partial charge in [-0.2, -0.15) is 0 Å². The Bertz CT molecular complexity index is 228. The van der Waals surface area contributed by atoms with Crippen LogP contribution in [0.3, 0.4) is 0 Å². The van der Waals surface area contributed by atoms with Crippen LogP contribution in [-0.4, -0.2) is 18.5 Å². The Kier molecular flexibility index (Phi) is 5.26. The summed E-state index contributed by atoms with van der Waals surface area (Å²) in [6.07, 6.45) is 4.93. The molecule has 1 aliphatic rings. The van der Waals surface area contributed by atoms with Gasteiger partial charge in [0, 0.05) is 18.5 Å². The molecular formula is C13H26N2O. The number of nitrogens with two attached hydrogens (primary N) is 1. The van der Waals surface area contributed by atoms with Crippen LogP contribution in [0.5, 0.6) is 0 Å². The second-order valence-electron chi connectivity index (χ2n) is 5.44. The smallest absolute Gasteiger partial charge is 0.224 e. The molecule has 16 heavy (non-hydrogen) atoms. The molecule has 0 radical (unpaired) electrons. The molecule has 0 aromatic carbocycles. The second kappa shape index (κ2) is 6.24. The van der Waals surface area contributed by atoms with Gasteiger partial charge < -0.3 is 11.1 Å². The van der Waals surface area contributed by atoms with Crippen molar-refractivity contribution in [3.63, 3.8) is 0 Å². The van der Waals surface area contributed by atoms with E-state index in [1.54, 1.807) is 0 Å². The molecule has 0 aliphatic heterocycles. The first-order valence-electron chi connectivity index (χ1n) is 6.56. The molecular weight excluding hydrogens is 200 g/mol. The van der Waals surface area contributed by atoms with E-state index in [1.807, 2.05) is 6.92 Å². The first-order chi connectivity index (χ1) is 7.56. The number of rotatable bonds is 4. The zero-order valence-electron chi connectivity index (χ0n) is 10.8. The molecule has 1 saturated carbocycles. The van der Waals surface area contributed by atoms with Crippen molar-refractivity contribution in [3.8, 4) is 0 Å². The van der Waals surface area contributed by atoms with Gasteiger partial charge in [0.2, 0.25) is 5.91 Å². The van der Waals surface area contributed by atoms with Crippen molar-refractivity contribution in [3.05, 3.63) is 0 Å².